The van der Waals surface area contributed by atoms with Crippen molar-refractivity contribution in [3.63, 3.8) is 0 Å². The number of rotatable bonds is 2. The monoisotopic (exact) mass is 315 g/mol. The molecular weight excluding hydrogens is 295 g/mol. The Balaban J connectivity index is 2.15. The summed E-state index contributed by atoms with van der Waals surface area (Å²) in [5.41, 5.74) is -1.81. The first-order valence-electron chi connectivity index (χ1n) is 7.32. The zero-order valence-electron chi connectivity index (χ0n) is 12.7. The summed E-state index contributed by atoms with van der Waals surface area (Å²) >= 11 is 0. The Morgan fingerprint density at radius 2 is 1.86 bits per heavy atom. The molecule has 0 spiro atoms. The molecule has 1 aromatic rings. The van der Waals surface area contributed by atoms with Crippen LogP contribution >= 0.6 is 0 Å². The highest BCUT2D eigenvalue weighted by molar-refractivity contribution is 5.78. The van der Waals surface area contributed by atoms with Gasteiger partial charge in [0, 0.05) is 19.0 Å². The fourth-order valence-electron chi connectivity index (χ4n) is 2.74. The van der Waals surface area contributed by atoms with Crippen LogP contribution in [0.15, 0.2) is 24.3 Å². The van der Waals surface area contributed by atoms with Crippen LogP contribution in [0.4, 0.5) is 13.2 Å². The second kappa shape index (κ2) is 5.91. The van der Waals surface area contributed by atoms with Gasteiger partial charge in [-0.1, -0.05) is 26.0 Å². The summed E-state index contributed by atoms with van der Waals surface area (Å²) in [6.07, 6.45) is -3.94. The maximum atomic E-state index is 12.8. The van der Waals surface area contributed by atoms with Gasteiger partial charge in [0.25, 0.3) is 0 Å². The third kappa shape index (κ3) is 3.43. The van der Waals surface area contributed by atoms with E-state index in [-0.39, 0.29) is 30.2 Å². The molecule has 22 heavy (non-hydrogen) atoms. The van der Waals surface area contributed by atoms with Crippen molar-refractivity contribution in [3.05, 3.63) is 35.4 Å². The SMILES string of the molecule is CC(C)C(=O)N1CCC(O)(c2cccc(C(F)(F)F)c2)CC1. The molecule has 1 amide bonds. The minimum Gasteiger partial charge on any atom is -0.385 e. The van der Waals surface area contributed by atoms with Crippen molar-refractivity contribution in [1.82, 2.24) is 4.90 Å². The summed E-state index contributed by atoms with van der Waals surface area (Å²) in [6.45, 7) is 4.30. The first kappa shape index (κ1) is 16.8. The Morgan fingerprint density at radius 3 is 2.36 bits per heavy atom. The van der Waals surface area contributed by atoms with Crippen molar-refractivity contribution in [1.29, 1.82) is 0 Å². The number of amides is 1. The molecule has 0 atom stereocenters. The number of carbonyl (C=O) groups excluding carboxylic acids is 1. The number of nitrogens with zero attached hydrogens (tertiary/aromatic N) is 1. The van der Waals surface area contributed by atoms with E-state index in [4.69, 9.17) is 0 Å². The smallest absolute Gasteiger partial charge is 0.385 e. The highest BCUT2D eigenvalue weighted by Gasteiger charge is 2.38. The van der Waals surface area contributed by atoms with Crippen molar-refractivity contribution in [2.24, 2.45) is 5.92 Å². The van der Waals surface area contributed by atoms with Crippen molar-refractivity contribution in [3.8, 4) is 0 Å². The molecule has 1 aliphatic rings. The van der Waals surface area contributed by atoms with E-state index >= 15 is 0 Å². The molecule has 0 unspecified atom stereocenters. The Kier molecular flexibility index (Phi) is 4.52. The van der Waals surface area contributed by atoms with Crippen LogP contribution in [0.1, 0.15) is 37.8 Å². The Bertz CT molecular complexity index is 547. The largest absolute Gasteiger partial charge is 0.416 e. The summed E-state index contributed by atoms with van der Waals surface area (Å²) in [5, 5.41) is 10.7. The van der Waals surface area contributed by atoms with E-state index in [0.29, 0.717) is 13.1 Å². The highest BCUT2D eigenvalue weighted by atomic mass is 19.4. The molecule has 1 N–H and O–H groups in total. The van der Waals surface area contributed by atoms with Crippen LogP contribution in [0, 0.1) is 5.92 Å². The van der Waals surface area contributed by atoms with E-state index in [1.165, 1.54) is 12.1 Å². The number of likely N-dealkylation sites (tertiary alicyclic amines) is 1. The van der Waals surface area contributed by atoms with Crippen LogP contribution in [0.5, 0.6) is 0 Å². The lowest BCUT2D eigenvalue weighted by Crippen LogP contribution is -2.46. The Labute approximate surface area is 127 Å². The van der Waals surface area contributed by atoms with Gasteiger partial charge in [-0.2, -0.15) is 13.2 Å². The topological polar surface area (TPSA) is 40.5 Å². The van der Waals surface area contributed by atoms with Crippen molar-refractivity contribution < 1.29 is 23.1 Å². The van der Waals surface area contributed by atoms with E-state index in [9.17, 15) is 23.1 Å². The van der Waals surface area contributed by atoms with Crippen LogP contribution in [0.2, 0.25) is 0 Å². The molecule has 3 nitrogen and oxygen atoms in total. The van der Waals surface area contributed by atoms with Crippen LogP contribution in [0.25, 0.3) is 0 Å². The van der Waals surface area contributed by atoms with Gasteiger partial charge in [0.1, 0.15) is 0 Å². The van der Waals surface area contributed by atoms with Gasteiger partial charge in [0.2, 0.25) is 5.91 Å². The third-order valence-electron chi connectivity index (χ3n) is 4.12. The molecule has 6 heteroatoms. The van der Waals surface area contributed by atoms with Crippen LogP contribution in [0.3, 0.4) is 0 Å². The molecule has 122 valence electrons. The normalized spacial score (nSPS) is 18.6. The Hall–Kier alpha value is -1.56. The number of halogens is 3. The molecule has 0 radical (unpaired) electrons. The second-order valence-electron chi connectivity index (χ2n) is 6.09. The lowest BCUT2D eigenvalue weighted by Gasteiger charge is -2.39. The number of aliphatic hydroxyl groups is 1. The van der Waals surface area contributed by atoms with Crippen LogP contribution in [-0.2, 0) is 16.6 Å². The van der Waals surface area contributed by atoms with Gasteiger partial charge in [0.15, 0.2) is 0 Å². The predicted octanol–water partition coefficient (Wildman–Crippen LogP) is 3.17. The average molecular weight is 315 g/mol. The molecule has 0 saturated carbocycles. The number of hydrogen-bond acceptors (Lipinski definition) is 2. The number of piperidine rings is 1. The van der Waals surface area contributed by atoms with Gasteiger partial charge in [0.05, 0.1) is 11.2 Å². The molecule has 2 rings (SSSR count). The first-order valence-corrected chi connectivity index (χ1v) is 7.32. The van der Waals surface area contributed by atoms with Crippen molar-refractivity contribution >= 4 is 5.91 Å². The molecule has 1 aliphatic heterocycles. The molecule has 0 bridgehead atoms. The van der Waals surface area contributed by atoms with Gasteiger partial charge in [-0.25, -0.2) is 0 Å². The predicted molar refractivity (Wildman–Crippen MR) is 76.0 cm³/mol. The van der Waals surface area contributed by atoms with E-state index in [1.54, 1.807) is 18.7 Å². The van der Waals surface area contributed by atoms with Gasteiger partial charge in [-0.05, 0) is 30.5 Å². The molecular formula is C16H20F3NO2. The first-order chi connectivity index (χ1) is 10.1. The standard InChI is InChI=1S/C16H20F3NO2/c1-11(2)14(21)20-8-6-15(22,7-9-20)12-4-3-5-13(10-12)16(17,18)19/h3-5,10-11,22H,6-9H2,1-2H3. The molecule has 0 aromatic heterocycles. The number of benzene rings is 1. The lowest BCUT2D eigenvalue weighted by molar-refractivity contribution is -0.139. The summed E-state index contributed by atoms with van der Waals surface area (Å²) in [6, 6.07) is 4.81. The maximum absolute atomic E-state index is 12.8. The minimum atomic E-state index is -4.43. The molecule has 1 fully saturated rings. The quantitative estimate of drug-likeness (QED) is 0.910. The van der Waals surface area contributed by atoms with Gasteiger partial charge in [-0.15, -0.1) is 0 Å². The van der Waals surface area contributed by atoms with Crippen molar-refractivity contribution in [2.75, 3.05) is 13.1 Å². The van der Waals surface area contributed by atoms with E-state index in [1.807, 2.05) is 0 Å². The number of carbonyl (C=O) groups is 1. The van der Waals surface area contributed by atoms with E-state index in [2.05, 4.69) is 0 Å². The van der Waals surface area contributed by atoms with Gasteiger partial charge in [-0.3, -0.25) is 4.79 Å². The van der Waals surface area contributed by atoms with Crippen molar-refractivity contribution in [2.45, 2.75) is 38.5 Å². The summed E-state index contributed by atoms with van der Waals surface area (Å²) in [5.74, 6) is -0.120. The zero-order chi connectivity index (χ0) is 16.5. The summed E-state index contributed by atoms with van der Waals surface area (Å²) in [4.78, 5) is 13.6. The van der Waals surface area contributed by atoms with E-state index in [0.717, 1.165) is 12.1 Å². The molecule has 1 aromatic carbocycles. The fourth-order valence-corrected chi connectivity index (χ4v) is 2.74. The highest BCUT2D eigenvalue weighted by Crippen LogP contribution is 2.36. The number of alkyl halides is 3. The molecule has 1 heterocycles. The maximum Gasteiger partial charge on any atom is 0.416 e. The van der Waals surface area contributed by atoms with Gasteiger partial charge < -0.3 is 10.0 Å². The summed E-state index contributed by atoms with van der Waals surface area (Å²) < 4.78 is 38.3. The van der Waals surface area contributed by atoms with Crippen LogP contribution in [-0.4, -0.2) is 29.0 Å². The lowest BCUT2D eigenvalue weighted by atomic mass is 9.83. The number of hydrogen-bond donors (Lipinski definition) is 1. The zero-order valence-corrected chi connectivity index (χ0v) is 12.7. The Morgan fingerprint density at radius 1 is 1.27 bits per heavy atom. The summed E-state index contributed by atoms with van der Waals surface area (Å²) in [7, 11) is 0. The third-order valence-corrected chi connectivity index (χ3v) is 4.12. The van der Waals surface area contributed by atoms with Gasteiger partial charge >= 0.3 is 6.18 Å². The second-order valence-corrected chi connectivity index (χ2v) is 6.09. The van der Waals surface area contributed by atoms with E-state index < -0.39 is 17.3 Å². The fraction of sp³-hybridized carbons (Fsp3) is 0.562. The van der Waals surface area contributed by atoms with Crippen LogP contribution < -0.4 is 0 Å². The average Bonchev–Trinajstić information content (AvgIpc) is 2.46. The molecule has 0 aliphatic carbocycles. The molecule has 1 saturated heterocycles. The minimum absolute atomic E-state index is 0.00564.